The van der Waals surface area contributed by atoms with Crippen molar-refractivity contribution in [3.63, 3.8) is 0 Å². The van der Waals surface area contributed by atoms with Gasteiger partial charge in [-0.2, -0.15) is 4.68 Å². The predicted octanol–water partition coefficient (Wildman–Crippen LogP) is 3.26. The van der Waals surface area contributed by atoms with E-state index in [1.54, 1.807) is 6.20 Å². The topological polar surface area (TPSA) is 75.5 Å². The number of carbonyl (C=O) groups is 1. The summed E-state index contributed by atoms with van der Waals surface area (Å²) in [6.07, 6.45) is 3.86. The predicted molar refractivity (Wildman–Crippen MR) is 87.5 cm³/mol. The van der Waals surface area contributed by atoms with Gasteiger partial charge in [-0.25, -0.2) is 9.78 Å². The Labute approximate surface area is 140 Å². The number of hydrogen-bond acceptors (Lipinski definition) is 6. The first kappa shape index (κ1) is 16.9. The van der Waals surface area contributed by atoms with Gasteiger partial charge in [-0.05, 0) is 52.2 Å². The lowest BCUT2D eigenvalue weighted by Crippen LogP contribution is -2.29. The second-order valence-electron chi connectivity index (χ2n) is 6.82. The Morgan fingerprint density at radius 3 is 2.96 bits per heavy atom. The summed E-state index contributed by atoms with van der Waals surface area (Å²) >= 11 is 0. The number of fused-ring (bicyclic) bond motifs is 1. The molecule has 0 aliphatic carbocycles. The lowest BCUT2D eigenvalue weighted by molar-refractivity contribution is -0.169. The molecule has 0 aromatic carbocycles. The zero-order chi connectivity index (χ0) is 17.2. The van der Waals surface area contributed by atoms with E-state index in [1.165, 1.54) is 4.68 Å². The lowest BCUT2D eigenvalue weighted by atomic mass is 10.2. The van der Waals surface area contributed by atoms with Crippen molar-refractivity contribution in [2.24, 2.45) is 0 Å². The Morgan fingerprint density at radius 1 is 1.42 bits per heavy atom. The van der Waals surface area contributed by atoms with Crippen LogP contribution in [0.2, 0.25) is 0 Å². The van der Waals surface area contributed by atoms with Crippen molar-refractivity contribution < 1.29 is 19.0 Å². The molecule has 1 aliphatic rings. The smallest absolute Gasteiger partial charge is 0.435 e. The van der Waals surface area contributed by atoms with Crippen LogP contribution < -0.4 is 0 Å². The standard InChI is InChI=1S/C17H23N3O4/c1-17(2,3)24-16(21)20-13(11-23-14-8-4-5-10-22-14)12-7-6-9-18-15(12)19-20/h6-7,9,14H,4-5,8,10-11H2,1-3H3. The highest BCUT2D eigenvalue weighted by atomic mass is 16.7. The molecular formula is C17H23N3O4. The normalized spacial score (nSPS) is 18.7. The Bertz CT molecular complexity index is 714. The number of nitrogens with zero attached hydrogens (tertiary/aromatic N) is 3. The number of hydrogen-bond donors (Lipinski definition) is 0. The Morgan fingerprint density at radius 2 is 2.25 bits per heavy atom. The molecule has 3 rings (SSSR count). The van der Waals surface area contributed by atoms with E-state index in [-0.39, 0.29) is 12.9 Å². The highest BCUT2D eigenvalue weighted by molar-refractivity contribution is 5.83. The first-order valence-electron chi connectivity index (χ1n) is 8.23. The summed E-state index contributed by atoms with van der Waals surface area (Å²) in [4.78, 5) is 16.7. The second kappa shape index (κ2) is 6.86. The quantitative estimate of drug-likeness (QED) is 0.858. The molecule has 0 N–H and O–H groups in total. The first-order chi connectivity index (χ1) is 11.4. The largest absolute Gasteiger partial charge is 0.442 e. The van der Waals surface area contributed by atoms with Crippen molar-refractivity contribution in [1.82, 2.24) is 14.8 Å². The lowest BCUT2D eigenvalue weighted by Gasteiger charge is -2.23. The molecule has 0 amide bonds. The summed E-state index contributed by atoms with van der Waals surface area (Å²) in [5.41, 5.74) is 0.515. The maximum absolute atomic E-state index is 12.5. The van der Waals surface area contributed by atoms with E-state index in [2.05, 4.69) is 10.1 Å². The summed E-state index contributed by atoms with van der Waals surface area (Å²) in [7, 11) is 0. The number of pyridine rings is 1. The average Bonchev–Trinajstić information content (AvgIpc) is 2.91. The minimum atomic E-state index is -0.604. The van der Waals surface area contributed by atoms with E-state index in [4.69, 9.17) is 14.2 Å². The number of rotatable bonds is 3. The van der Waals surface area contributed by atoms with Gasteiger partial charge in [0, 0.05) is 18.2 Å². The minimum absolute atomic E-state index is 0.214. The average molecular weight is 333 g/mol. The molecule has 1 aliphatic heterocycles. The monoisotopic (exact) mass is 333 g/mol. The molecule has 7 nitrogen and oxygen atoms in total. The minimum Gasteiger partial charge on any atom is -0.442 e. The Hall–Kier alpha value is -1.99. The van der Waals surface area contributed by atoms with Crippen LogP contribution >= 0.6 is 0 Å². The van der Waals surface area contributed by atoms with E-state index >= 15 is 0 Å². The van der Waals surface area contributed by atoms with Crippen molar-refractivity contribution in [3.05, 3.63) is 24.0 Å². The van der Waals surface area contributed by atoms with Gasteiger partial charge in [0.1, 0.15) is 5.60 Å². The third kappa shape index (κ3) is 3.91. The summed E-state index contributed by atoms with van der Waals surface area (Å²) in [5.74, 6) is 0. The van der Waals surface area contributed by atoms with Gasteiger partial charge in [0.05, 0.1) is 12.3 Å². The van der Waals surface area contributed by atoms with Crippen molar-refractivity contribution in [3.8, 4) is 0 Å². The SMILES string of the molecule is CC(C)(C)OC(=O)n1nc2ncccc2c1COC1CCCCO1. The number of aromatic nitrogens is 3. The second-order valence-corrected chi connectivity index (χ2v) is 6.82. The molecule has 0 spiro atoms. The van der Waals surface area contributed by atoms with Gasteiger partial charge in [-0.15, -0.1) is 5.10 Å². The van der Waals surface area contributed by atoms with E-state index in [0.29, 0.717) is 17.9 Å². The zero-order valence-electron chi connectivity index (χ0n) is 14.3. The van der Waals surface area contributed by atoms with Crippen molar-refractivity contribution in [2.75, 3.05) is 6.61 Å². The summed E-state index contributed by atoms with van der Waals surface area (Å²) < 4.78 is 18.1. The van der Waals surface area contributed by atoms with Crippen LogP contribution in [0.1, 0.15) is 45.7 Å². The van der Waals surface area contributed by atoms with Gasteiger partial charge in [0.2, 0.25) is 0 Å². The number of ether oxygens (including phenoxy) is 3. The van der Waals surface area contributed by atoms with Crippen LogP contribution in [-0.2, 0) is 20.8 Å². The van der Waals surface area contributed by atoms with E-state index in [1.807, 2.05) is 32.9 Å². The molecule has 1 saturated heterocycles. The number of carbonyl (C=O) groups excluding carboxylic acids is 1. The van der Waals surface area contributed by atoms with Crippen molar-refractivity contribution in [1.29, 1.82) is 0 Å². The molecule has 24 heavy (non-hydrogen) atoms. The molecule has 2 aromatic rings. The van der Waals surface area contributed by atoms with Gasteiger partial charge in [0.25, 0.3) is 0 Å². The molecule has 0 saturated carbocycles. The Kier molecular flexibility index (Phi) is 4.82. The maximum Gasteiger partial charge on any atom is 0.435 e. The van der Waals surface area contributed by atoms with Gasteiger partial charge in [-0.1, -0.05) is 0 Å². The van der Waals surface area contributed by atoms with Gasteiger partial charge in [-0.3, -0.25) is 0 Å². The third-order valence-corrected chi connectivity index (χ3v) is 3.66. The van der Waals surface area contributed by atoms with Crippen LogP contribution in [0.4, 0.5) is 4.79 Å². The zero-order valence-corrected chi connectivity index (χ0v) is 14.3. The van der Waals surface area contributed by atoms with Crippen LogP contribution in [0.3, 0.4) is 0 Å². The first-order valence-corrected chi connectivity index (χ1v) is 8.23. The summed E-state index contributed by atoms with van der Waals surface area (Å²) in [5, 5.41) is 5.05. The fraction of sp³-hybridized carbons (Fsp3) is 0.588. The Balaban J connectivity index is 1.85. The van der Waals surface area contributed by atoms with Crippen molar-refractivity contribution in [2.45, 2.75) is 58.5 Å². The van der Waals surface area contributed by atoms with Gasteiger partial charge in [0.15, 0.2) is 11.9 Å². The molecule has 0 radical (unpaired) electrons. The van der Waals surface area contributed by atoms with Gasteiger partial charge >= 0.3 is 6.09 Å². The molecule has 1 fully saturated rings. The molecule has 1 unspecified atom stereocenters. The molecule has 7 heteroatoms. The van der Waals surface area contributed by atoms with E-state index in [9.17, 15) is 4.79 Å². The van der Waals surface area contributed by atoms with E-state index in [0.717, 1.165) is 24.6 Å². The van der Waals surface area contributed by atoms with Crippen LogP contribution in [0.25, 0.3) is 11.0 Å². The molecule has 130 valence electrons. The van der Waals surface area contributed by atoms with Crippen LogP contribution in [-0.4, -0.2) is 39.4 Å². The summed E-state index contributed by atoms with van der Waals surface area (Å²) in [6, 6.07) is 3.68. The summed E-state index contributed by atoms with van der Waals surface area (Å²) in [6.45, 7) is 6.37. The molecule has 0 bridgehead atoms. The maximum atomic E-state index is 12.5. The molecule has 2 aromatic heterocycles. The van der Waals surface area contributed by atoms with Crippen LogP contribution in [0, 0.1) is 0 Å². The highest BCUT2D eigenvalue weighted by Crippen LogP contribution is 2.21. The van der Waals surface area contributed by atoms with E-state index < -0.39 is 11.7 Å². The highest BCUT2D eigenvalue weighted by Gasteiger charge is 2.24. The van der Waals surface area contributed by atoms with Crippen molar-refractivity contribution >= 4 is 17.1 Å². The molecule has 1 atom stereocenters. The fourth-order valence-corrected chi connectivity index (χ4v) is 2.58. The van der Waals surface area contributed by atoms with Gasteiger partial charge < -0.3 is 14.2 Å². The third-order valence-electron chi connectivity index (χ3n) is 3.66. The molecular weight excluding hydrogens is 310 g/mol. The molecule has 3 heterocycles. The van der Waals surface area contributed by atoms with Crippen LogP contribution in [0.15, 0.2) is 18.3 Å². The fourth-order valence-electron chi connectivity index (χ4n) is 2.58. The van der Waals surface area contributed by atoms with Crippen LogP contribution in [0.5, 0.6) is 0 Å².